The molecule has 6 heteroatoms. The molecule has 2 atom stereocenters. The number of aromatic nitrogens is 2. The van der Waals surface area contributed by atoms with E-state index in [0.717, 1.165) is 30.7 Å². The van der Waals surface area contributed by atoms with Crippen LogP contribution in [-0.2, 0) is 4.79 Å². The molecule has 0 spiro atoms. The van der Waals surface area contributed by atoms with Crippen molar-refractivity contribution in [1.29, 1.82) is 0 Å². The zero-order valence-corrected chi connectivity index (χ0v) is 14.1. The first-order chi connectivity index (χ1) is 11.7. The number of carbonyl (C=O) groups is 1. The van der Waals surface area contributed by atoms with Crippen LogP contribution in [0.5, 0.6) is 5.75 Å². The van der Waals surface area contributed by atoms with Crippen molar-refractivity contribution in [2.75, 3.05) is 13.1 Å². The van der Waals surface area contributed by atoms with E-state index < -0.39 is 6.10 Å². The van der Waals surface area contributed by atoms with Crippen molar-refractivity contribution in [2.24, 2.45) is 0 Å². The molecule has 1 aliphatic heterocycles. The van der Waals surface area contributed by atoms with Gasteiger partial charge in [0.2, 0.25) is 6.39 Å². The van der Waals surface area contributed by atoms with Crippen molar-refractivity contribution < 1.29 is 14.1 Å². The standard InChI is InChI=1S/C18H23N3O3/c1-3-15(24-16-9-5-4-7-13(16)2)18(22)21-10-6-8-14(11-21)17-19-12-23-20-17/h4-5,7,9,12,14-15H,3,6,8,10-11H2,1-2H3. The van der Waals surface area contributed by atoms with Gasteiger partial charge in [-0.05, 0) is 37.8 Å². The quantitative estimate of drug-likeness (QED) is 0.843. The van der Waals surface area contributed by atoms with Gasteiger partial charge in [-0.2, -0.15) is 4.98 Å². The van der Waals surface area contributed by atoms with Crippen LogP contribution in [0.15, 0.2) is 35.2 Å². The van der Waals surface area contributed by atoms with Gasteiger partial charge in [-0.25, -0.2) is 0 Å². The molecule has 0 saturated carbocycles. The number of piperidine rings is 1. The highest BCUT2D eigenvalue weighted by atomic mass is 16.5. The second-order valence-electron chi connectivity index (χ2n) is 6.19. The highest BCUT2D eigenvalue weighted by Gasteiger charge is 2.31. The van der Waals surface area contributed by atoms with Crippen molar-refractivity contribution in [1.82, 2.24) is 15.0 Å². The largest absolute Gasteiger partial charge is 0.480 e. The van der Waals surface area contributed by atoms with Crippen LogP contribution in [0.2, 0.25) is 0 Å². The maximum absolute atomic E-state index is 12.9. The molecule has 0 aliphatic carbocycles. The third-order valence-corrected chi connectivity index (χ3v) is 4.49. The molecule has 0 radical (unpaired) electrons. The van der Waals surface area contributed by atoms with Crippen LogP contribution in [0.4, 0.5) is 0 Å². The highest BCUT2D eigenvalue weighted by molar-refractivity contribution is 5.81. The maximum Gasteiger partial charge on any atom is 0.263 e. The fourth-order valence-electron chi connectivity index (χ4n) is 3.10. The van der Waals surface area contributed by atoms with Gasteiger partial charge in [0.05, 0.1) is 0 Å². The Morgan fingerprint density at radius 1 is 1.46 bits per heavy atom. The number of likely N-dealkylation sites (tertiary alicyclic amines) is 1. The molecule has 2 unspecified atom stereocenters. The molecule has 2 aromatic rings. The number of para-hydroxylation sites is 1. The van der Waals surface area contributed by atoms with E-state index in [4.69, 9.17) is 9.26 Å². The second kappa shape index (κ2) is 7.47. The molecule has 1 aliphatic rings. The van der Waals surface area contributed by atoms with Gasteiger partial charge >= 0.3 is 0 Å². The minimum absolute atomic E-state index is 0.0361. The van der Waals surface area contributed by atoms with E-state index in [0.29, 0.717) is 18.8 Å². The Morgan fingerprint density at radius 2 is 2.29 bits per heavy atom. The third-order valence-electron chi connectivity index (χ3n) is 4.49. The van der Waals surface area contributed by atoms with E-state index >= 15 is 0 Å². The van der Waals surface area contributed by atoms with E-state index in [1.165, 1.54) is 6.39 Å². The molecule has 1 aromatic carbocycles. The monoisotopic (exact) mass is 329 g/mol. The predicted molar refractivity (Wildman–Crippen MR) is 88.7 cm³/mol. The molecule has 2 heterocycles. The topological polar surface area (TPSA) is 68.5 Å². The lowest BCUT2D eigenvalue weighted by Crippen LogP contribution is -2.46. The van der Waals surface area contributed by atoms with Crippen molar-refractivity contribution in [3.05, 3.63) is 42.0 Å². The number of aryl methyl sites for hydroxylation is 1. The highest BCUT2D eigenvalue weighted by Crippen LogP contribution is 2.26. The minimum atomic E-state index is -0.463. The number of carbonyl (C=O) groups excluding carboxylic acids is 1. The van der Waals surface area contributed by atoms with Crippen molar-refractivity contribution in [3.8, 4) is 5.75 Å². The van der Waals surface area contributed by atoms with Crippen molar-refractivity contribution >= 4 is 5.91 Å². The summed E-state index contributed by atoms with van der Waals surface area (Å²) in [6, 6.07) is 7.78. The van der Waals surface area contributed by atoms with Crippen LogP contribution in [0.25, 0.3) is 0 Å². The summed E-state index contributed by atoms with van der Waals surface area (Å²) in [6.45, 7) is 5.33. The summed E-state index contributed by atoms with van der Waals surface area (Å²) in [5, 5.41) is 3.92. The van der Waals surface area contributed by atoms with E-state index in [9.17, 15) is 4.79 Å². The SMILES string of the molecule is CCC(Oc1ccccc1C)C(=O)N1CCCC(c2ncon2)C1. The summed E-state index contributed by atoms with van der Waals surface area (Å²) in [7, 11) is 0. The number of rotatable bonds is 5. The average Bonchev–Trinajstić information content (AvgIpc) is 3.15. The number of hydrogen-bond acceptors (Lipinski definition) is 5. The molecular weight excluding hydrogens is 306 g/mol. The van der Waals surface area contributed by atoms with Gasteiger partial charge in [0.15, 0.2) is 11.9 Å². The lowest BCUT2D eigenvalue weighted by atomic mass is 9.97. The average molecular weight is 329 g/mol. The molecule has 1 amide bonds. The van der Waals surface area contributed by atoms with Crippen LogP contribution in [0.3, 0.4) is 0 Å². The first-order valence-corrected chi connectivity index (χ1v) is 8.46. The molecule has 6 nitrogen and oxygen atoms in total. The first kappa shape index (κ1) is 16.5. The zero-order chi connectivity index (χ0) is 16.9. The maximum atomic E-state index is 12.9. The molecule has 3 rings (SSSR count). The molecule has 1 fully saturated rings. The summed E-state index contributed by atoms with van der Waals surface area (Å²) >= 11 is 0. The zero-order valence-electron chi connectivity index (χ0n) is 14.1. The van der Waals surface area contributed by atoms with Gasteiger partial charge < -0.3 is 14.2 Å². The number of amides is 1. The van der Waals surface area contributed by atoms with Crippen LogP contribution in [-0.4, -0.2) is 40.1 Å². The van der Waals surface area contributed by atoms with Gasteiger partial charge in [-0.15, -0.1) is 0 Å². The van der Waals surface area contributed by atoms with Gasteiger partial charge in [-0.3, -0.25) is 4.79 Å². The summed E-state index contributed by atoms with van der Waals surface area (Å²) in [4.78, 5) is 18.9. The number of benzene rings is 1. The Kier molecular flexibility index (Phi) is 5.13. The third kappa shape index (κ3) is 3.58. The smallest absolute Gasteiger partial charge is 0.263 e. The summed E-state index contributed by atoms with van der Waals surface area (Å²) in [5.41, 5.74) is 1.03. The molecule has 1 saturated heterocycles. The van der Waals surface area contributed by atoms with E-state index in [-0.39, 0.29) is 11.8 Å². The normalized spacial score (nSPS) is 19.1. The fraction of sp³-hybridized carbons (Fsp3) is 0.500. The Labute approximate surface area is 141 Å². The molecule has 0 N–H and O–H groups in total. The van der Waals surface area contributed by atoms with Crippen LogP contribution in [0, 0.1) is 6.92 Å². The predicted octanol–water partition coefficient (Wildman–Crippen LogP) is 2.94. The van der Waals surface area contributed by atoms with Gasteiger partial charge in [0.1, 0.15) is 5.75 Å². The summed E-state index contributed by atoms with van der Waals surface area (Å²) in [5.74, 6) is 1.62. The van der Waals surface area contributed by atoms with Crippen molar-refractivity contribution in [2.45, 2.75) is 45.1 Å². The molecule has 24 heavy (non-hydrogen) atoms. The van der Waals surface area contributed by atoms with E-state index in [1.54, 1.807) is 0 Å². The van der Waals surface area contributed by atoms with Gasteiger partial charge in [-0.1, -0.05) is 30.3 Å². The summed E-state index contributed by atoms with van der Waals surface area (Å²) in [6.07, 6.45) is 3.42. The van der Waals surface area contributed by atoms with Crippen LogP contribution in [0.1, 0.15) is 43.5 Å². The minimum Gasteiger partial charge on any atom is -0.480 e. The molecular formula is C18H23N3O3. The first-order valence-electron chi connectivity index (χ1n) is 8.46. The van der Waals surface area contributed by atoms with Gasteiger partial charge in [0.25, 0.3) is 5.91 Å². The second-order valence-corrected chi connectivity index (χ2v) is 6.19. The van der Waals surface area contributed by atoms with Gasteiger partial charge in [0, 0.05) is 19.0 Å². The summed E-state index contributed by atoms with van der Waals surface area (Å²) < 4.78 is 10.8. The Balaban J connectivity index is 1.68. The lowest BCUT2D eigenvalue weighted by molar-refractivity contribution is -0.140. The van der Waals surface area contributed by atoms with Crippen LogP contribution < -0.4 is 4.74 Å². The van der Waals surface area contributed by atoms with Crippen molar-refractivity contribution in [3.63, 3.8) is 0 Å². The molecule has 1 aromatic heterocycles. The van der Waals surface area contributed by atoms with Crippen LogP contribution >= 0.6 is 0 Å². The Hall–Kier alpha value is -2.37. The fourth-order valence-corrected chi connectivity index (χ4v) is 3.10. The lowest BCUT2D eigenvalue weighted by Gasteiger charge is -2.33. The number of hydrogen-bond donors (Lipinski definition) is 0. The molecule has 0 bridgehead atoms. The Bertz CT molecular complexity index is 672. The van der Waals surface area contributed by atoms with E-state index in [2.05, 4.69) is 10.1 Å². The van der Waals surface area contributed by atoms with E-state index in [1.807, 2.05) is 43.0 Å². The molecule has 128 valence electrons. The Morgan fingerprint density at radius 3 is 3.00 bits per heavy atom. The number of nitrogens with zero attached hydrogens (tertiary/aromatic N) is 3. The number of ether oxygens (including phenoxy) is 1.